The second kappa shape index (κ2) is 6.84. The summed E-state index contributed by atoms with van der Waals surface area (Å²) in [4.78, 5) is 21.2. The van der Waals surface area contributed by atoms with Crippen LogP contribution in [0.5, 0.6) is 0 Å². The minimum atomic E-state index is -0.286. The van der Waals surface area contributed by atoms with Gasteiger partial charge in [-0.1, -0.05) is 18.2 Å². The van der Waals surface area contributed by atoms with Crippen LogP contribution >= 0.6 is 0 Å². The van der Waals surface area contributed by atoms with Crippen molar-refractivity contribution in [3.63, 3.8) is 0 Å². The summed E-state index contributed by atoms with van der Waals surface area (Å²) >= 11 is 0. The first kappa shape index (κ1) is 16.7. The molecule has 132 valence electrons. The van der Waals surface area contributed by atoms with Crippen molar-refractivity contribution < 1.29 is 14.1 Å². The SMILES string of the molecule is C[NH+]1CCN(C(=O)c2cc(-c3ccc(F)cc3)nc3ccccc23)CC1. The Hall–Kier alpha value is -2.79. The maximum atomic E-state index is 13.3. The molecule has 0 radical (unpaired) electrons. The molecule has 3 aromatic rings. The number of quaternary nitrogens is 1. The van der Waals surface area contributed by atoms with Crippen molar-refractivity contribution in [1.82, 2.24) is 9.88 Å². The van der Waals surface area contributed by atoms with Gasteiger partial charge in [-0.3, -0.25) is 4.79 Å². The smallest absolute Gasteiger partial charge is 0.255 e. The Morgan fingerprint density at radius 3 is 2.50 bits per heavy atom. The van der Waals surface area contributed by atoms with E-state index < -0.39 is 0 Å². The van der Waals surface area contributed by atoms with Gasteiger partial charge in [-0.25, -0.2) is 9.37 Å². The highest BCUT2D eigenvalue weighted by Gasteiger charge is 2.24. The first-order chi connectivity index (χ1) is 12.6. The van der Waals surface area contributed by atoms with Gasteiger partial charge >= 0.3 is 0 Å². The summed E-state index contributed by atoms with van der Waals surface area (Å²) < 4.78 is 13.3. The molecule has 1 aliphatic rings. The highest BCUT2D eigenvalue weighted by molar-refractivity contribution is 6.07. The van der Waals surface area contributed by atoms with Gasteiger partial charge in [0.25, 0.3) is 5.91 Å². The number of hydrogen-bond acceptors (Lipinski definition) is 2. The summed E-state index contributed by atoms with van der Waals surface area (Å²) in [5.74, 6) is -0.245. The Labute approximate surface area is 151 Å². The van der Waals surface area contributed by atoms with Crippen LogP contribution in [0.15, 0.2) is 54.6 Å². The van der Waals surface area contributed by atoms with Gasteiger partial charge in [-0.2, -0.15) is 0 Å². The molecule has 0 atom stereocenters. The number of carbonyl (C=O) groups is 1. The number of piperazine rings is 1. The van der Waals surface area contributed by atoms with Gasteiger partial charge in [-0.05, 0) is 36.4 Å². The number of fused-ring (bicyclic) bond motifs is 1. The fourth-order valence-electron chi connectivity index (χ4n) is 3.38. The zero-order valence-electron chi connectivity index (χ0n) is 14.7. The average molecular weight is 350 g/mol. The van der Waals surface area contributed by atoms with E-state index in [-0.39, 0.29) is 11.7 Å². The molecule has 26 heavy (non-hydrogen) atoms. The molecule has 0 saturated carbocycles. The third kappa shape index (κ3) is 3.18. The number of para-hydroxylation sites is 1. The van der Waals surface area contributed by atoms with E-state index in [1.807, 2.05) is 35.2 Å². The molecule has 2 heterocycles. The molecule has 1 amide bonds. The molecule has 0 bridgehead atoms. The molecule has 5 heteroatoms. The number of halogens is 1. The van der Waals surface area contributed by atoms with Crippen LogP contribution in [0.25, 0.3) is 22.2 Å². The Morgan fingerprint density at radius 1 is 1.08 bits per heavy atom. The normalized spacial score (nSPS) is 15.4. The van der Waals surface area contributed by atoms with Gasteiger partial charge in [0.1, 0.15) is 5.82 Å². The minimum absolute atomic E-state index is 0.0412. The number of aromatic nitrogens is 1. The standard InChI is InChI=1S/C21H20FN3O/c1-24-10-12-25(13-11-24)21(26)18-14-20(15-6-8-16(22)9-7-15)23-19-5-3-2-4-17(18)19/h2-9,14H,10-13H2,1H3/p+1. The van der Waals surface area contributed by atoms with Crippen LogP contribution in [-0.2, 0) is 0 Å². The van der Waals surface area contributed by atoms with Crippen molar-refractivity contribution in [2.75, 3.05) is 33.2 Å². The number of nitrogens with one attached hydrogen (secondary N) is 1. The number of likely N-dealkylation sites (N-methyl/N-ethyl adjacent to an activating group) is 1. The van der Waals surface area contributed by atoms with Gasteiger partial charge in [-0.15, -0.1) is 0 Å². The number of hydrogen-bond donors (Lipinski definition) is 1. The Balaban J connectivity index is 1.79. The molecule has 0 spiro atoms. The van der Waals surface area contributed by atoms with Crippen molar-refractivity contribution in [3.8, 4) is 11.3 Å². The van der Waals surface area contributed by atoms with Crippen LogP contribution in [0.1, 0.15) is 10.4 Å². The highest BCUT2D eigenvalue weighted by atomic mass is 19.1. The molecular weight excluding hydrogens is 329 g/mol. The van der Waals surface area contributed by atoms with E-state index in [0.717, 1.165) is 42.6 Å². The molecule has 4 nitrogen and oxygen atoms in total. The van der Waals surface area contributed by atoms with Crippen molar-refractivity contribution in [2.24, 2.45) is 0 Å². The van der Waals surface area contributed by atoms with Crippen LogP contribution in [-0.4, -0.2) is 49.0 Å². The Kier molecular flexibility index (Phi) is 4.39. The molecule has 1 N–H and O–H groups in total. The lowest BCUT2D eigenvalue weighted by Gasteiger charge is -2.30. The minimum Gasteiger partial charge on any atom is -0.334 e. The summed E-state index contributed by atoms with van der Waals surface area (Å²) in [7, 11) is 2.15. The van der Waals surface area contributed by atoms with E-state index in [2.05, 4.69) is 12.0 Å². The fraction of sp³-hybridized carbons (Fsp3) is 0.238. The summed E-state index contributed by atoms with van der Waals surface area (Å²) in [6, 6.07) is 15.7. The quantitative estimate of drug-likeness (QED) is 0.768. The predicted octanol–water partition coefficient (Wildman–Crippen LogP) is 2.01. The maximum absolute atomic E-state index is 13.3. The van der Waals surface area contributed by atoms with E-state index in [1.165, 1.54) is 17.0 Å². The monoisotopic (exact) mass is 350 g/mol. The van der Waals surface area contributed by atoms with Gasteiger partial charge in [0, 0.05) is 10.9 Å². The lowest BCUT2D eigenvalue weighted by atomic mass is 10.0. The summed E-state index contributed by atoms with van der Waals surface area (Å²) in [5.41, 5.74) is 2.92. The van der Waals surface area contributed by atoms with Gasteiger partial charge in [0.15, 0.2) is 0 Å². The van der Waals surface area contributed by atoms with E-state index in [9.17, 15) is 9.18 Å². The molecule has 1 aromatic heterocycles. The molecule has 4 rings (SSSR count). The molecule has 0 unspecified atom stereocenters. The van der Waals surface area contributed by atoms with E-state index in [1.54, 1.807) is 12.1 Å². The summed E-state index contributed by atoms with van der Waals surface area (Å²) in [6.07, 6.45) is 0. The van der Waals surface area contributed by atoms with Crippen LogP contribution < -0.4 is 4.90 Å². The maximum Gasteiger partial charge on any atom is 0.255 e. The number of pyridine rings is 1. The summed E-state index contributed by atoms with van der Waals surface area (Å²) in [6.45, 7) is 3.43. The van der Waals surface area contributed by atoms with E-state index in [0.29, 0.717) is 11.3 Å². The van der Waals surface area contributed by atoms with Gasteiger partial charge < -0.3 is 9.80 Å². The largest absolute Gasteiger partial charge is 0.334 e. The molecule has 2 aromatic carbocycles. The Morgan fingerprint density at radius 2 is 1.77 bits per heavy atom. The second-order valence-corrected chi connectivity index (χ2v) is 6.83. The van der Waals surface area contributed by atoms with Crippen LogP contribution in [0.4, 0.5) is 4.39 Å². The van der Waals surface area contributed by atoms with Crippen LogP contribution in [0, 0.1) is 5.82 Å². The average Bonchev–Trinajstić information content (AvgIpc) is 2.68. The van der Waals surface area contributed by atoms with Gasteiger partial charge in [0.05, 0.1) is 50.0 Å². The van der Waals surface area contributed by atoms with Crippen molar-refractivity contribution in [2.45, 2.75) is 0 Å². The third-order valence-electron chi connectivity index (χ3n) is 4.99. The first-order valence-electron chi connectivity index (χ1n) is 8.88. The van der Waals surface area contributed by atoms with Crippen LogP contribution in [0.2, 0.25) is 0 Å². The number of amides is 1. The lowest BCUT2D eigenvalue weighted by Crippen LogP contribution is -3.12. The van der Waals surface area contributed by atoms with Crippen LogP contribution in [0.3, 0.4) is 0 Å². The summed E-state index contributed by atoms with van der Waals surface area (Å²) in [5, 5.41) is 0.856. The highest BCUT2D eigenvalue weighted by Crippen LogP contribution is 2.26. The van der Waals surface area contributed by atoms with E-state index >= 15 is 0 Å². The van der Waals surface area contributed by atoms with Crippen molar-refractivity contribution >= 4 is 16.8 Å². The topological polar surface area (TPSA) is 37.6 Å². The number of rotatable bonds is 2. The van der Waals surface area contributed by atoms with Crippen molar-refractivity contribution in [1.29, 1.82) is 0 Å². The molecule has 1 saturated heterocycles. The fourth-order valence-corrected chi connectivity index (χ4v) is 3.38. The lowest BCUT2D eigenvalue weighted by molar-refractivity contribution is -0.883. The Bertz CT molecular complexity index is 947. The number of nitrogens with zero attached hydrogens (tertiary/aromatic N) is 2. The third-order valence-corrected chi connectivity index (χ3v) is 4.99. The zero-order chi connectivity index (χ0) is 18.1. The first-order valence-corrected chi connectivity index (χ1v) is 8.88. The zero-order valence-corrected chi connectivity index (χ0v) is 14.7. The molecular formula is C21H21FN3O+. The number of benzene rings is 2. The molecule has 0 aliphatic carbocycles. The van der Waals surface area contributed by atoms with Crippen molar-refractivity contribution in [3.05, 3.63) is 66.0 Å². The van der Waals surface area contributed by atoms with Gasteiger partial charge in [0.2, 0.25) is 0 Å². The second-order valence-electron chi connectivity index (χ2n) is 6.83. The predicted molar refractivity (Wildman–Crippen MR) is 99.7 cm³/mol. The molecule has 1 fully saturated rings. The molecule has 1 aliphatic heterocycles. The number of carbonyl (C=O) groups excluding carboxylic acids is 1. The van der Waals surface area contributed by atoms with E-state index in [4.69, 9.17) is 0 Å².